The van der Waals surface area contributed by atoms with E-state index in [2.05, 4.69) is 15.3 Å². The van der Waals surface area contributed by atoms with Crippen LogP contribution in [0.4, 0.5) is 5.69 Å². The molecule has 0 saturated carbocycles. The van der Waals surface area contributed by atoms with Crippen molar-refractivity contribution in [1.29, 1.82) is 0 Å². The molecule has 10 nitrogen and oxygen atoms in total. The molecule has 1 amide bonds. The second-order valence-electron chi connectivity index (χ2n) is 7.69. The molecule has 10 heteroatoms. The Morgan fingerprint density at radius 1 is 1.15 bits per heavy atom. The number of amides is 1. The van der Waals surface area contributed by atoms with E-state index in [0.717, 1.165) is 5.56 Å². The first-order chi connectivity index (χ1) is 16.4. The number of hydrogen-bond donors (Lipinski definition) is 2. The molecule has 0 radical (unpaired) electrons. The van der Waals surface area contributed by atoms with Gasteiger partial charge in [0.1, 0.15) is 11.3 Å². The number of ether oxygens (including phenoxy) is 2. The highest BCUT2D eigenvalue weighted by atomic mass is 16.5. The molecule has 0 aliphatic heterocycles. The molecular formula is C24H25N5O5. The molecule has 0 bridgehead atoms. The second-order valence-corrected chi connectivity index (χ2v) is 7.69. The lowest BCUT2D eigenvalue weighted by Crippen LogP contribution is -2.38. The van der Waals surface area contributed by atoms with Gasteiger partial charge >= 0.3 is 5.69 Å². The number of nitrogens with one attached hydrogen (secondary N) is 2. The number of aromatic nitrogens is 4. The molecule has 3 heterocycles. The van der Waals surface area contributed by atoms with Gasteiger partial charge in [-0.1, -0.05) is 6.92 Å². The van der Waals surface area contributed by atoms with Crippen LogP contribution in [0.2, 0.25) is 0 Å². The Hall–Kier alpha value is -4.34. The van der Waals surface area contributed by atoms with E-state index in [1.165, 1.54) is 22.4 Å². The average Bonchev–Trinajstić information content (AvgIpc) is 3.31. The fourth-order valence-electron chi connectivity index (χ4n) is 3.61. The normalized spacial score (nSPS) is 10.9. The van der Waals surface area contributed by atoms with Gasteiger partial charge in [0.15, 0.2) is 6.61 Å². The summed E-state index contributed by atoms with van der Waals surface area (Å²) in [4.78, 5) is 44.6. The molecule has 0 aliphatic carbocycles. The van der Waals surface area contributed by atoms with Gasteiger partial charge in [-0.25, -0.2) is 9.78 Å². The van der Waals surface area contributed by atoms with Crippen LogP contribution in [-0.4, -0.2) is 38.7 Å². The van der Waals surface area contributed by atoms with Gasteiger partial charge in [-0.3, -0.25) is 18.7 Å². The Balaban J connectivity index is 1.46. The van der Waals surface area contributed by atoms with Crippen molar-refractivity contribution in [2.75, 3.05) is 19.0 Å². The molecule has 34 heavy (non-hydrogen) atoms. The fraction of sp³-hybridized carbons (Fsp3) is 0.250. The molecule has 0 spiro atoms. The highest BCUT2D eigenvalue weighted by Gasteiger charge is 2.14. The minimum absolute atomic E-state index is 0.170. The number of carbonyl (C=O) groups is 1. The molecule has 0 unspecified atom stereocenters. The first-order valence-corrected chi connectivity index (χ1v) is 10.8. The monoisotopic (exact) mass is 463 g/mol. The number of fused-ring (bicyclic) bond motifs is 1. The summed E-state index contributed by atoms with van der Waals surface area (Å²) in [6.45, 7) is 2.11. The molecule has 0 aliphatic rings. The number of pyridine rings is 1. The highest BCUT2D eigenvalue weighted by Crippen LogP contribution is 2.24. The van der Waals surface area contributed by atoms with E-state index >= 15 is 0 Å². The zero-order chi connectivity index (χ0) is 24.2. The number of carbonyl (C=O) groups excluding carboxylic acids is 1. The number of anilines is 1. The van der Waals surface area contributed by atoms with Crippen LogP contribution in [-0.2, 0) is 18.4 Å². The predicted molar refractivity (Wildman–Crippen MR) is 128 cm³/mol. The molecule has 0 saturated heterocycles. The third-order valence-corrected chi connectivity index (χ3v) is 5.35. The van der Waals surface area contributed by atoms with Crippen molar-refractivity contribution < 1.29 is 14.3 Å². The summed E-state index contributed by atoms with van der Waals surface area (Å²) in [6, 6.07) is 12.2. The van der Waals surface area contributed by atoms with Crippen molar-refractivity contribution in [2.45, 2.75) is 19.9 Å². The van der Waals surface area contributed by atoms with Crippen molar-refractivity contribution in [3.8, 4) is 22.9 Å². The van der Waals surface area contributed by atoms with E-state index in [4.69, 9.17) is 9.47 Å². The number of nitrogens with zero attached hydrogens (tertiary/aromatic N) is 3. The van der Waals surface area contributed by atoms with Crippen LogP contribution in [0.5, 0.6) is 11.6 Å². The Bertz CT molecular complexity index is 1430. The zero-order valence-corrected chi connectivity index (χ0v) is 19.1. The van der Waals surface area contributed by atoms with Crippen LogP contribution < -0.4 is 26.0 Å². The second kappa shape index (κ2) is 9.65. The minimum atomic E-state index is -0.336. The average molecular weight is 463 g/mol. The number of hydrogen-bond acceptors (Lipinski definition) is 6. The molecule has 0 atom stereocenters. The quantitative estimate of drug-likeness (QED) is 0.414. The van der Waals surface area contributed by atoms with Crippen LogP contribution in [0, 0.1) is 0 Å². The van der Waals surface area contributed by atoms with Crippen molar-refractivity contribution in [3.05, 3.63) is 69.5 Å². The molecule has 1 aromatic carbocycles. The molecule has 4 aromatic rings. The maximum absolute atomic E-state index is 12.8. The van der Waals surface area contributed by atoms with E-state index in [9.17, 15) is 14.4 Å². The Labute approximate surface area is 194 Å². The SMILES string of the molecule is CCCn1c(=O)c2[nH]c(-c3ccc(OCC(=O)Nc4ccc(OC)nc4)cc3)cc2n(C)c1=O. The molecule has 4 rings (SSSR count). The standard InChI is InChI=1S/C24H25N5O5/c1-4-11-29-23(31)22-19(28(2)24(29)32)12-18(27-22)15-5-8-17(9-6-15)34-14-20(30)26-16-7-10-21(33-3)25-13-16/h5-10,12-13,27H,4,11,14H2,1-3H3,(H,26,30). The van der Waals surface area contributed by atoms with Crippen molar-refractivity contribution >= 4 is 22.6 Å². The Morgan fingerprint density at radius 2 is 1.91 bits per heavy atom. The Morgan fingerprint density at radius 3 is 2.56 bits per heavy atom. The minimum Gasteiger partial charge on any atom is -0.484 e. The molecule has 3 aromatic heterocycles. The van der Waals surface area contributed by atoms with Gasteiger partial charge in [0.05, 0.1) is 24.5 Å². The number of H-pyrrole nitrogens is 1. The summed E-state index contributed by atoms with van der Waals surface area (Å²) < 4.78 is 13.3. The first kappa shape index (κ1) is 22.8. The molecule has 0 fully saturated rings. The van der Waals surface area contributed by atoms with E-state index in [1.807, 2.05) is 19.1 Å². The van der Waals surface area contributed by atoms with E-state index in [1.54, 1.807) is 37.4 Å². The third-order valence-electron chi connectivity index (χ3n) is 5.35. The topological polar surface area (TPSA) is 120 Å². The molecule has 2 N–H and O–H groups in total. The number of rotatable bonds is 8. The van der Waals surface area contributed by atoms with Crippen LogP contribution in [0.1, 0.15) is 13.3 Å². The summed E-state index contributed by atoms with van der Waals surface area (Å²) in [6.07, 6.45) is 2.18. The molecular weight excluding hydrogens is 438 g/mol. The summed E-state index contributed by atoms with van der Waals surface area (Å²) in [5.74, 6) is 0.648. The fourth-order valence-corrected chi connectivity index (χ4v) is 3.61. The van der Waals surface area contributed by atoms with Crippen LogP contribution >= 0.6 is 0 Å². The van der Waals surface area contributed by atoms with Crippen LogP contribution in [0.3, 0.4) is 0 Å². The summed E-state index contributed by atoms with van der Waals surface area (Å²) >= 11 is 0. The van der Waals surface area contributed by atoms with Gasteiger partial charge in [-0.05, 0) is 48.4 Å². The highest BCUT2D eigenvalue weighted by molar-refractivity contribution is 5.91. The zero-order valence-electron chi connectivity index (χ0n) is 19.1. The van der Waals surface area contributed by atoms with Gasteiger partial charge < -0.3 is 19.8 Å². The lowest BCUT2D eigenvalue weighted by Gasteiger charge is -2.08. The Kier molecular flexibility index (Phi) is 6.48. The summed E-state index contributed by atoms with van der Waals surface area (Å²) in [5.41, 5.74) is 2.31. The predicted octanol–water partition coefficient (Wildman–Crippen LogP) is 2.53. The third kappa shape index (κ3) is 4.56. The van der Waals surface area contributed by atoms with Crippen molar-refractivity contribution in [3.63, 3.8) is 0 Å². The largest absolute Gasteiger partial charge is 0.484 e. The van der Waals surface area contributed by atoms with Crippen molar-refractivity contribution in [1.82, 2.24) is 19.1 Å². The first-order valence-electron chi connectivity index (χ1n) is 10.8. The number of aromatic amines is 1. The van der Waals surface area contributed by atoms with Gasteiger partial charge in [0, 0.05) is 25.4 Å². The lowest BCUT2D eigenvalue weighted by molar-refractivity contribution is -0.118. The van der Waals surface area contributed by atoms with Crippen LogP contribution in [0.25, 0.3) is 22.3 Å². The summed E-state index contributed by atoms with van der Waals surface area (Å²) in [7, 11) is 3.17. The van der Waals surface area contributed by atoms with Gasteiger partial charge in [0.2, 0.25) is 5.88 Å². The number of aryl methyl sites for hydroxylation is 1. The van der Waals surface area contributed by atoms with E-state index in [0.29, 0.717) is 47.0 Å². The smallest absolute Gasteiger partial charge is 0.331 e. The van der Waals surface area contributed by atoms with Gasteiger partial charge in [-0.2, -0.15) is 0 Å². The maximum atomic E-state index is 12.8. The number of benzene rings is 1. The van der Waals surface area contributed by atoms with E-state index < -0.39 is 0 Å². The summed E-state index contributed by atoms with van der Waals surface area (Å²) in [5, 5.41) is 2.70. The molecule has 176 valence electrons. The van der Waals surface area contributed by atoms with E-state index in [-0.39, 0.29) is 23.8 Å². The van der Waals surface area contributed by atoms with Gasteiger partial charge in [0.25, 0.3) is 11.5 Å². The number of methoxy groups -OCH3 is 1. The van der Waals surface area contributed by atoms with Crippen LogP contribution in [0.15, 0.2) is 58.3 Å². The lowest BCUT2D eigenvalue weighted by atomic mass is 10.1. The van der Waals surface area contributed by atoms with Gasteiger partial charge in [-0.15, -0.1) is 0 Å². The maximum Gasteiger partial charge on any atom is 0.331 e. The van der Waals surface area contributed by atoms with Crippen molar-refractivity contribution in [2.24, 2.45) is 7.05 Å².